The van der Waals surface area contributed by atoms with Crippen molar-refractivity contribution < 1.29 is 4.79 Å². The maximum absolute atomic E-state index is 12.7. The predicted molar refractivity (Wildman–Crippen MR) is 98.2 cm³/mol. The Morgan fingerprint density at radius 1 is 1.21 bits per heavy atom. The second-order valence-corrected chi connectivity index (χ2v) is 6.49. The van der Waals surface area contributed by atoms with Crippen LogP contribution in [0.25, 0.3) is 11.0 Å². The fraction of sp³-hybridized carbons (Fsp3) is 0.176. The minimum atomic E-state index is -0.0116. The molecule has 1 aliphatic heterocycles. The van der Waals surface area contributed by atoms with Gasteiger partial charge < -0.3 is 9.88 Å². The number of rotatable bonds is 1. The van der Waals surface area contributed by atoms with Crippen LogP contribution < -0.4 is 0 Å². The summed E-state index contributed by atoms with van der Waals surface area (Å²) in [5.74, 6) is -0.0116. The summed E-state index contributed by atoms with van der Waals surface area (Å²) < 4.78 is 0. The van der Waals surface area contributed by atoms with Gasteiger partial charge in [-0.05, 0) is 24.3 Å². The fourth-order valence-electron chi connectivity index (χ4n) is 3.04. The lowest BCUT2D eigenvalue weighted by atomic mass is 10.0. The van der Waals surface area contributed by atoms with Gasteiger partial charge in [0, 0.05) is 52.9 Å². The molecule has 0 spiro atoms. The summed E-state index contributed by atoms with van der Waals surface area (Å²) in [6.45, 7) is 1.21. The number of fused-ring (bicyclic) bond motifs is 3. The van der Waals surface area contributed by atoms with Gasteiger partial charge in [-0.1, -0.05) is 29.3 Å². The lowest BCUT2D eigenvalue weighted by Gasteiger charge is -2.27. The molecule has 1 N–H and O–H groups in total. The van der Waals surface area contributed by atoms with Crippen LogP contribution in [0, 0.1) is 0 Å². The summed E-state index contributed by atoms with van der Waals surface area (Å²) >= 11 is 12.0. The van der Waals surface area contributed by atoms with Gasteiger partial charge in [-0.2, -0.15) is 0 Å². The number of halogens is 3. The van der Waals surface area contributed by atoms with E-state index in [2.05, 4.69) is 9.97 Å². The Kier molecular flexibility index (Phi) is 4.72. The number of H-pyrrole nitrogens is 1. The van der Waals surface area contributed by atoms with Crippen molar-refractivity contribution in [1.29, 1.82) is 0 Å². The topological polar surface area (TPSA) is 49.0 Å². The molecule has 24 heavy (non-hydrogen) atoms. The molecule has 0 unspecified atom stereocenters. The summed E-state index contributed by atoms with van der Waals surface area (Å²) in [6.07, 6.45) is 2.40. The van der Waals surface area contributed by atoms with Crippen LogP contribution in [0.3, 0.4) is 0 Å². The van der Waals surface area contributed by atoms with Gasteiger partial charge in [-0.25, -0.2) is 4.98 Å². The molecule has 0 fully saturated rings. The van der Waals surface area contributed by atoms with E-state index in [4.69, 9.17) is 23.2 Å². The van der Waals surface area contributed by atoms with Gasteiger partial charge in [0.15, 0.2) is 0 Å². The summed E-state index contributed by atoms with van der Waals surface area (Å²) in [5, 5.41) is 2.14. The van der Waals surface area contributed by atoms with Gasteiger partial charge in [-0.3, -0.25) is 4.79 Å². The van der Waals surface area contributed by atoms with Crippen LogP contribution in [0.4, 0.5) is 0 Å². The number of aromatic nitrogens is 2. The van der Waals surface area contributed by atoms with Crippen LogP contribution in [0.15, 0.2) is 36.5 Å². The molecule has 4 nitrogen and oxygen atoms in total. The Morgan fingerprint density at radius 2 is 2.04 bits per heavy atom. The molecule has 3 aromatic rings. The third-order valence-electron chi connectivity index (χ3n) is 4.15. The number of nitrogens with one attached hydrogen (secondary N) is 1. The highest BCUT2D eigenvalue weighted by molar-refractivity contribution is 6.31. The molecule has 0 radical (unpaired) electrons. The van der Waals surface area contributed by atoms with Gasteiger partial charge >= 0.3 is 0 Å². The van der Waals surface area contributed by atoms with Gasteiger partial charge in [0.25, 0.3) is 5.91 Å². The first kappa shape index (κ1) is 17.1. The number of hydrogen-bond donors (Lipinski definition) is 1. The first-order valence-corrected chi connectivity index (χ1v) is 8.07. The van der Waals surface area contributed by atoms with E-state index in [9.17, 15) is 4.79 Å². The molecule has 4 rings (SSSR count). The van der Waals surface area contributed by atoms with Crippen molar-refractivity contribution in [2.45, 2.75) is 13.0 Å². The van der Waals surface area contributed by atoms with E-state index in [-0.39, 0.29) is 18.3 Å². The number of carbonyl (C=O) groups excluding carboxylic acids is 1. The maximum Gasteiger partial charge on any atom is 0.254 e. The molecule has 3 heterocycles. The van der Waals surface area contributed by atoms with E-state index >= 15 is 0 Å². The molecule has 2 aromatic heterocycles. The van der Waals surface area contributed by atoms with Crippen molar-refractivity contribution in [2.24, 2.45) is 0 Å². The second-order valence-electron chi connectivity index (χ2n) is 5.62. The molecule has 0 saturated carbocycles. The lowest BCUT2D eigenvalue weighted by Crippen LogP contribution is -2.35. The normalized spacial score (nSPS) is 13.5. The van der Waals surface area contributed by atoms with Crippen LogP contribution in [-0.4, -0.2) is 27.3 Å². The van der Waals surface area contributed by atoms with Crippen LogP contribution in [0.1, 0.15) is 21.6 Å². The average molecular weight is 383 g/mol. The van der Waals surface area contributed by atoms with Crippen molar-refractivity contribution in [3.8, 4) is 0 Å². The standard InChI is InChI=1S/C17H13Cl2N3O.ClH/c18-11-3-1-2-10(6-11)17(23)22-5-4-15-14(9-22)13-7-12(19)8-20-16(13)21-15;/h1-3,6-8H,4-5,9H2,(H,20,21);1H. The molecular weight excluding hydrogens is 369 g/mol. The number of hydrogen-bond acceptors (Lipinski definition) is 2. The zero-order valence-electron chi connectivity index (χ0n) is 12.6. The van der Waals surface area contributed by atoms with Gasteiger partial charge in [0.2, 0.25) is 0 Å². The third kappa shape index (κ3) is 2.97. The van der Waals surface area contributed by atoms with E-state index in [0.717, 1.165) is 28.7 Å². The van der Waals surface area contributed by atoms with Gasteiger partial charge in [0.1, 0.15) is 5.65 Å². The summed E-state index contributed by atoms with van der Waals surface area (Å²) in [7, 11) is 0. The molecule has 1 aromatic carbocycles. The Balaban J connectivity index is 0.00000169. The predicted octanol–water partition coefficient (Wildman–Crippen LogP) is 4.49. The second kappa shape index (κ2) is 6.63. The molecule has 124 valence electrons. The van der Waals surface area contributed by atoms with E-state index in [0.29, 0.717) is 28.7 Å². The number of aromatic amines is 1. The number of nitrogens with zero attached hydrogens (tertiary/aromatic N) is 2. The lowest BCUT2D eigenvalue weighted by molar-refractivity contribution is 0.0735. The SMILES string of the molecule is Cl.O=C(c1cccc(Cl)c1)N1CCc2[nH]c3ncc(Cl)cc3c2C1. The number of pyridine rings is 1. The maximum atomic E-state index is 12.7. The van der Waals surface area contributed by atoms with E-state index in [1.54, 1.807) is 30.5 Å². The molecule has 1 aliphatic rings. The van der Waals surface area contributed by atoms with Crippen molar-refractivity contribution in [1.82, 2.24) is 14.9 Å². The highest BCUT2D eigenvalue weighted by Gasteiger charge is 2.25. The van der Waals surface area contributed by atoms with Crippen molar-refractivity contribution in [2.75, 3.05) is 6.54 Å². The zero-order valence-corrected chi connectivity index (χ0v) is 14.9. The van der Waals surface area contributed by atoms with Crippen LogP contribution >= 0.6 is 35.6 Å². The van der Waals surface area contributed by atoms with Crippen LogP contribution in [0.5, 0.6) is 0 Å². The number of carbonyl (C=O) groups is 1. The van der Waals surface area contributed by atoms with Gasteiger partial charge in [-0.15, -0.1) is 12.4 Å². The Bertz CT molecular complexity index is 923. The number of amides is 1. The first-order valence-electron chi connectivity index (χ1n) is 7.31. The van der Waals surface area contributed by atoms with E-state index in [1.807, 2.05) is 11.0 Å². The summed E-state index contributed by atoms with van der Waals surface area (Å²) in [6, 6.07) is 8.94. The quantitative estimate of drug-likeness (QED) is 0.674. The van der Waals surface area contributed by atoms with Crippen molar-refractivity contribution in [3.63, 3.8) is 0 Å². The van der Waals surface area contributed by atoms with Crippen molar-refractivity contribution >= 4 is 52.5 Å². The zero-order chi connectivity index (χ0) is 16.0. The molecule has 0 bridgehead atoms. The van der Waals surface area contributed by atoms with Crippen LogP contribution in [-0.2, 0) is 13.0 Å². The molecule has 0 atom stereocenters. The Hall–Kier alpha value is -1.75. The molecule has 7 heteroatoms. The monoisotopic (exact) mass is 381 g/mol. The highest BCUT2D eigenvalue weighted by atomic mass is 35.5. The third-order valence-corrected chi connectivity index (χ3v) is 4.59. The first-order chi connectivity index (χ1) is 11.1. The number of benzene rings is 1. The molecule has 0 aliphatic carbocycles. The Morgan fingerprint density at radius 3 is 2.83 bits per heavy atom. The summed E-state index contributed by atoms with van der Waals surface area (Å²) in [4.78, 5) is 22.2. The minimum Gasteiger partial charge on any atom is -0.343 e. The molecule has 0 saturated heterocycles. The van der Waals surface area contributed by atoms with E-state index < -0.39 is 0 Å². The summed E-state index contributed by atoms with van der Waals surface area (Å²) in [5.41, 5.74) is 3.65. The Labute approximate surface area is 155 Å². The highest BCUT2D eigenvalue weighted by Crippen LogP contribution is 2.29. The van der Waals surface area contributed by atoms with E-state index in [1.165, 1.54) is 0 Å². The minimum absolute atomic E-state index is 0. The van der Waals surface area contributed by atoms with Gasteiger partial charge in [0.05, 0.1) is 5.02 Å². The molecule has 1 amide bonds. The van der Waals surface area contributed by atoms with Crippen LogP contribution in [0.2, 0.25) is 10.0 Å². The average Bonchev–Trinajstić information content (AvgIpc) is 2.91. The fourth-order valence-corrected chi connectivity index (χ4v) is 3.39. The smallest absolute Gasteiger partial charge is 0.254 e. The van der Waals surface area contributed by atoms with Crippen molar-refractivity contribution in [3.05, 3.63) is 63.4 Å². The largest absolute Gasteiger partial charge is 0.343 e. The molecular formula is C17H14Cl3N3O.